The molecule has 2 heteroatoms. The van der Waals surface area contributed by atoms with Gasteiger partial charge in [-0.1, -0.05) is 37.5 Å². The molecule has 0 amide bonds. The highest BCUT2D eigenvalue weighted by Crippen LogP contribution is 2.40. The summed E-state index contributed by atoms with van der Waals surface area (Å²) in [6.45, 7) is 9.79. The van der Waals surface area contributed by atoms with Crippen LogP contribution in [0.25, 0.3) is 0 Å². The van der Waals surface area contributed by atoms with Crippen LogP contribution in [0, 0.1) is 17.8 Å². The van der Waals surface area contributed by atoms with E-state index < -0.39 is 5.60 Å². The van der Waals surface area contributed by atoms with Gasteiger partial charge in [-0.15, -0.1) is 6.42 Å². The summed E-state index contributed by atoms with van der Waals surface area (Å²) in [5, 5.41) is 0. The highest BCUT2D eigenvalue weighted by molar-refractivity contribution is 5.67. The van der Waals surface area contributed by atoms with Crippen LogP contribution >= 0.6 is 0 Å². The standard InChI is InChI=1S/C17H24O2/c1-7-17(6,19-14(3)18)12-10-15-13(2)9-8-11-16(15,4)5/h1,9-10H,8,11-12H2,2-6H3. The summed E-state index contributed by atoms with van der Waals surface area (Å²) in [6.07, 6.45) is 12.7. The monoisotopic (exact) mass is 260 g/mol. The maximum atomic E-state index is 11.1. The molecular formula is C17H24O2. The largest absolute Gasteiger partial charge is 0.446 e. The first kappa shape index (κ1) is 15.6. The van der Waals surface area contributed by atoms with Crippen molar-refractivity contribution in [1.82, 2.24) is 0 Å². The van der Waals surface area contributed by atoms with E-state index in [2.05, 4.69) is 38.8 Å². The molecule has 0 radical (unpaired) electrons. The molecule has 1 aliphatic rings. The lowest BCUT2D eigenvalue weighted by atomic mass is 9.72. The first-order valence-electron chi connectivity index (χ1n) is 6.75. The second kappa shape index (κ2) is 5.65. The molecule has 1 aliphatic carbocycles. The topological polar surface area (TPSA) is 26.3 Å². The summed E-state index contributed by atoms with van der Waals surface area (Å²) >= 11 is 0. The van der Waals surface area contributed by atoms with Crippen LogP contribution in [0.5, 0.6) is 0 Å². The molecule has 0 saturated carbocycles. The van der Waals surface area contributed by atoms with E-state index in [4.69, 9.17) is 11.2 Å². The van der Waals surface area contributed by atoms with Gasteiger partial charge in [0, 0.05) is 13.3 Å². The van der Waals surface area contributed by atoms with Crippen molar-refractivity contribution in [2.24, 2.45) is 5.41 Å². The van der Waals surface area contributed by atoms with Crippen molar-refractivity contribution in [3.05, 3.63) is 23.3 Å². The van der Waals surface area contributed by atoms with Gasteiger partial charge in [0.25, 0.3) is 0 Å². The fourth-order valence-corrected chi connectivity index (χ4v) is 2.61. The van der Waals surface area contributed by atoms with Crippen molar-refractivity contribution in [3.63, 3.8) is 0 Å². The minimum atomic E-state index is -0.855. The fourth-order valence-electron chi connectivity index (χ4n) is 2.61. The van der Waals surface area contributed by atoms with Crippen molar-refractivity contribution in [2.75, 3.05) is 0 Å². The third kappa shape index (κ3) is 3.99. The van der Waals surface area contributed by atoms with Crippen molar-refractivity contribution in [1.29, 1.82) is 0 Å². The molecule has 0 saturated heterocycles. The number of terminal acetylenes is 1. The Labute approximate surface area is 116 Å². The van der Waals surface area contributed by atoms with E-state index >= 15 is 0 Å². The second-order valence-corrected chi connectivity index (χ2v) is 6.10. The van der Waals surface area contributed by atoms with Gasteiger partial charge in [0.1, 0.15) is 0 Å². The normalized spacial score (nSPS) is 23.2. The lowest BCUT2D eigenvalue weighted by Gasteiger charge is -2.33. The third-order valence-electron chi connectivity index (χ3n) is 3.74. The fraction of sp³-hybridized carbons (Fsp3) is 0.588. The Morgan fingerprint density at radius 2 is 2.26 bits per heavy atom. The molecule has 0 fully saturated rings. The Kier molecular flexibility index (Phi) is 4.63. The molecule has 0 heterocycles. The van der Waals surface area contributed by atoms with Crippen molar-refractivity contribution in [3.8, 4) is 12.3 Å². The predicted molar refractivity (Wildman–Crippen MR) is 78.5 cm³/mol. The van der Waals surface area contributed by atoms with Gasteiger partial charge in [-0.05, 0) is 37.7 Å². The van der Waals surface area contributed by atoms with Gasteiger partial charge >= 0.3 is 5.97 Å². The van der Waals surface area contributed by atoms with Gasteiger partial charge in [0.2, 0.25) is 0 Å². The Morgan fingerprint density at radius 3 is 2.74 bits per heavy atom. The van der Waals surface area contributed by atoms with Crippen LogP contribution in [0.2, 0.25) is 0 Å². The van der Waals surface area contributed by atoms with Crippen molar-refractivity contribution in [2.45, 2.75) is 59.5 Å². The molecule has 0 aliphatic heterocycles. The SMILES string of the molecule is C#CC(C)(CC=C1C(C)=CCCC1(C)C)OC(C)=O. The highest BCUT2D eigenvalue weighted by Gasteiger charge is 2.29. The number of carbonyl (C=O) groups is 1. The summed E-state index contributed by atoms with van der Waals surface area (Å²) in [5.74, 6) is 2.25. The maximum absolute atomic E-state index is 11.1. The molecule has 1 atom stereocenters. The third-order valence-corrected chi connectivity index (χ3v) is 3.74. The zero-order chi connectivity index (χ0) is 14.7. The molecule has 104 valence electrons. The van der Waals surface area contributed by atoms with Gasteiger partial charge in [-0.3, -0.25) is 4.79 Å². The first-order valence-corrected chi connectivity index (χ1v) is 6.75. The predicted octanol–water partition coefficient (Wildman–Crippen LogP) is 4.02. The Balaban J connectivity index is 2.96. The zero-order valence-corrected chi connectivity index (χ0v) is 12.7. The molecule has 0 spiro atoms. The summed E-state index contributed by atoms with van der Waals surface area (Å²) in [5.41, 5.74) is 1.92. The number of rotatable bonds is 3. The lowest BCUT2D eigenvalue weighted by molar-refractivity contribution is -0.149. The van der Waals surface area contributed by atoms with Crippen molar-refractivity contribution < 1.29 is 9.53 Å². The van der Waals surface area contributed by atoms with Gasteiger partial charge in [-0.2, -0.15) is 0 Å². The van der Waals surface area contributed by atoms with E-state index in [1.165, 1.54) is 18.1 Å². The number of esters is 1. The van der Waals surface area contributed by atoms with Gasteiger partial charge in [-0.25, -0.2) is 0 Å². The molecule has 1 rings (SSSR count). The molecule has 0 bridgehead atoms. The Hall–Kier alpha value is -1.49. The summed E-state index contributed by atoms with van der Waals surface area (Å²) in [6, 6.07) is 0. The minimum Gasteiger partial charge on any atom is -0.446 e. The van der Waals surface area contributed by atoms with E-state index in [9.17, 15) is 4.79 Å². The number of ether oxygens (including phenoxy) is 1. The lowest BCUT2D eigenvalue weighted by Crippen LogP contribution is -2.29. The first-order chi connectivity index (χ1) is 8.70. The highest BCUT2D eigenvalue weighted by atomic mass is 16.6. The van der Waals surface area contributed by atoms with E-state index in [1.54, 1.807) is 6.92 Å². The van der Waals surface area contributed by atoms with E-state index in [0.717, 1.165) is 12.8 Å². The molecule has 0 aromatic rings. The van der Waals surface area contributed by atoms with Crippen LogP contribution in [0.4, 0.5) is 0 Å². The molecular weight excluding hydrogens is 236 g/mol. The van der Waals surface area contributed by atoms with E-state index in [1.807, 2.05) is 0 Å². The molecule has 1 unspecified atom stereocenters. The van der Waals surface area contributed by atoms with Crippen LogP contribution in [0.1, 0.15) is 53.9 Å². The number of hydrogen-bond acceptors (Lipinski definition) is 2. The molecule has 0 N–H and O–H groups in total. The second-order valence-electron chi connectivity index (χ2n) is 6.10. The number of hydrogen-bond donors (Lipinski definition) is 0. The van der Waals surface area contributed by atoms with Crippen LogP contribution in [-0.2, 0) is 9.53 Å². The summed E-state index contributed by atoms with van der Waals surface area (Å²) < 4.78 is 5.24. The molecule has 0 aromatic carbocycles. The van der Waals surface area contributed by atoms with Crippen molar-refractivity contribution >= 4 is 5.97 Å². The summed E-state index contributed by atoms with van der Waals surface area (Å²) in [7, 11) is 0. The van der Waals surface area contributed by atoms with Gasteiger partial charge in [0.05, 0.1) is 0 Å². The Morgan fingerprint density at radius 1 is 1.63 bits per heavy atom. The molecule has 0 aromatic heterocycles. The van der Waals surface area contributed by atoms with Crippen LogP contribution < -0.4 is 0 Å². The maximum Gasteiger partial charge on any atom is 0.304 e. The quantitative estimate of drug-likeness (QED) is 0.566. The average Bonchev–Trinajstić information content (AvgIpc) is 2.26. The average molecular weight is 260 g/mol. The summed E-state index contributed by atoms with van der Waals surface area (Å²) in [4.78, 5) is 11.1. The van der Waals surface area contributed by atoms with Crippen LogP contribution in [0.3, 0.4) is 0 Å². The minimum absolute atomic E-state index is 0.157. The van der Waals surface area contributed by atoms with E-state index in [0.29, 0.717) is 6.42 Å². The zero-order valence-electron chi connectivity index (χ0n) is 12.7. The van der Waals surface area contributed by atoms with Crippen LogP contribution in [-0.4, -0.2) is 11.6 Å². The van der Waals surface area contributed by atoms with E-state index in [-0.39, 0.29) is 11.4 Å². The molecule has 2 nitrogen and oxygen atoms in total. The number of carbonyl (C=O) groups excluding carboxylic acids is 1. The van der Waals surface area contributed by atoms with Crippen LogP contribution in [0.15, 0.2) is 23.3 Å². The Bertz CT molecular complexity index is 460. The molecule has 19 heavy (non-hydrogen) atoms. The smallest absolute Gasteiger partial charge is 0.304 e. The van der Waals surface area contributed by atoms with Gasteiger partial charge in [0.15, 0.2) is 5.60 Å². The number of allylic oxidation sites excluding steroid dienone is 3. The van der Waals surface area contributed by atoms with Gasteiger partial charge < -0.3 is 4.74 Å².